The Morgan fingerprint density at radius 3 is 3.00 bits per heavy atom. The zero-order valence-corrected chi connectivity index (χ0v) is 9.21. The van der Waals surface area contributed by atoms with E-state index in [-0.39, 0.29) is 17.1 Å². The molecule has 2 unspecified atom stereocenters. The van der Waals surface area contributed by atoms with Gasteiger partial charge in [0, 0.05) is 11.0 Å². The Bertz CT molecular complexity index is 242. The van der Waals surface area contributed by atoms with Crippen LogP contribution >= 0.6 is 11.8 Å². The van der Waals surface area contributed by atoms with Gasteiger partial charge in [-0.2, -0.15) is 11.8 Å². The van der Waals surface area contributed by atoms with E-state index in [0.717, 1.165) is 12.8 Å². The molecular formula is C9H15NO3S. The van der Waals surface area contributed by atoms with Gasteiger partial charge in [-0.25, -0.2) is 0 Å². The minimum Gasteiger partial charge on any atom is -0.468 e. The molecule has 1 heterocycles. The summed E-state index contributed by atoms with van der Waals surface area (Å²) in [6.07, 6.45) is 1.96. The molecule has 0 spiro atoms. The van der Waals surface area contributed by atoms with E-state index >= 15 is 0 Å². The summed E-state index contributed by atoms with van der Waals surface area (Å²) in [5.41, 5.74) is 0.573. The Hall–Kier alpha value is -0.710. The lowest BCUT2D eigenvalue weighted by molar-refractivity contribution is -0.142. The third-order valence-corrected chi connectivity index (χ3v) is 3.71. The van der Waals surface area contributed by atoms with E-state index < -0.39 is 0 Å². The van der Waals surface area contributed by atoms with Crippen LogP contribution in [0.2, 0.25) is 0 Å². The molecule has 0 aliphatic carbocycles. The molecule has 0 amide bonds. The second-order valence-corrected chi connectivity index (χ2v) is 4.45. The fraction of sp³-hybridized carbons (Fsp3) is 0.778. The fourth-order valence-corrected chi connectivity index (χ4v) is 3.08. The van der Waals surface area contributed by atoms with E-state index in [2.05, 4.69) is 16.8 Å². The molecule has 1 rings (SSSR count). The largest absolute Gasteiger partial charge is 0.468 e. The highest BCUT2D eigenvalue weighted by Gasteiger charge is 2.38. The van der Waals surface area contributed by atoms with Gasteiger partial charge in [-0.05, 0) is 6.42 Å². The lowest BCUT2D eigenvalue weighted by Crippen LogP contribution is -2.27. The van der Waals surface area contributed by atoms with E-state index in [1.807, 2.05) is 0 Å². The molecule has 5 heteroatoms. The predicted octanol–water partition coefficient (Wildman–Crippen LogP) is 1.52. The highest BCUT2D eigenvalue weighted by atomic mass is 32.2. The Morgan fingerprint density at radius 2 is 2.50 bits per heavy atom. The van der Waals surface area contributed by atoms with Gasteiger partial charge in [0.2, 0.25) is 0 Å². The molecule has 1 aliphatic heterocycles. The molecule has 0 bridgehead atoms. The number of esters is 1. The van der Waals surface area contributed by atoms with Crippen LogP contribution in [-0.2, 0) is 9.53 Å². The van der Waals surface area contributed by atoms with Gasteiger partial charge in [0.05, 0.1) is 12.8 Å². The van der Waals surface area contributed by atoms with Gasteiger partial charge in [-0.1, -0.05) is 18.5 Å². The van der Waals surface area contributed by atoms with Crippen molar-refractivity contribution in [1.82, 2.24) is 0 Å². The molecule has 4 nitrogen and oxygen atoms in total. The topological polar surface area (TPSA) is 58.9 Å². The van der Waals surface area contributed by atoms with Crippen molar-refractivity contribution in [2.24, 2.45) is 11.1 Å². The Morgan fingerprint density at radius 1 is 1.79 bits per heavy atom. The highest BCUT2D eigenvalue weighted by molar-refractivity contribution is 8.01. The van der Waals surface area contributed by atoms with Gasteiger partial charge in [0.1, 0.15) is 5.92 Å². The van der Waals surface area contributed by atoms with Crippen LogP contribution in [-0.4, -0.2) is 35.0 Å². The molecule has 0 radical (unpaired) electrons. The minimum atomic E-state index is -0.355. The number of methoxy groups -OCH3 is 1. The van der Waals surface area contributed by atoms with Crippen molar-refractivity contribution < 1.29 is 14.7 Å². The molecule has 0 aromatic heterocycles. The first-order valence-corrected chi connectivity index (χ1v) is 5.70. The van der Waals surface area contributed by atoms with Crippen molar-refractivity contribution >= 4 is 23.4 Å². The highest BCUT2D eigenvalue weighted by Crippen LogP contribution is 2.32. The normalized spacial score (nSPS) is 29.4. The number of hydrogen-bond donors (Lipinski definition) is 1. The van der Waals surface area contributed by atoms with Crippen molar-refractivity contribution in [2.45, 2.75) is 25.0 Å². The Balaban J connectivity index is 2.69. The van der Waals surface area contributed by atoms with E-state index in [9.17, 15) is 4.79 Å². The van der Waals surface area contributed by atoms with Crippen LogP contribution in [0.3, 0.4) is 0 Å². The molecule has 2 atom stereocenters. The lowest BCUT2D eigenvalue weighted by atomic mass is 10.0. The number of rotatable bonds is 3. The summed E-state index contributed by atoms with van der Waals surface area (Å²) in [6.45, 7) is 2.07. The smallest absolute Gasteiger partial charge is 0.315 e. The van der Waals surface area contributed by atoms with Crippen LogP contribution in [0, 0.1) is 5.92 Å². The maximum atomic E-state index is 11.3. The van der Waals surface area contributed by atoms with Crippen molar-refractivity contribution in [3.8, 4) is 0 Å². The predicted molar refractivity (Wildman–Crippen MR) is 55.9 cm³/mol. The molecule has 1 N–H and O–H groups in total. The first kappa shape index (κ1) is 11.4. The minimum absolute atomic E-state index is 0.175. The third kappa shape index (κ3) is 2.20. The van der Waals surface area contributed by atoms with E-state index in [4.69, 9.17) is 5.21 Å². The summed E-state index contributed by atoms with van der Waals surface area (Å²) in [7, 11) is 1.36. The molecule has 1 aliphatic rings. The number of nitrogens with zero attached hydrogens (tertiary/aromatic N) is 1. The zero-order valence-electron chi connectivity index (χ0n) is 8.40. The van der Waals surface area contributed by atoms with Gasteiger partial charge < -0.3 is 9.94 Å². The van der Waals surface area contributed by atoms with Gasteiger partial charge in [0.15, 0.2) is 0 Å². The second-order valence-electron chi connectivity index (χ2n) is 3.21. The number of hydrogen-bond acceptors (Lipinski definition) is 5. The van der Waals surface area contributed by atoms with E-state index in [1.165, 1.54) is 7.11 Å². The molecule has 80 valence electrons. The average Bonchev–Trinajstić information content (AvgIpc) is 2.60. The van der Waals surface area contributed by atoms with Crippen LogP contribution < -0.4 is 0 Å². The van der Waals surface area contributed by atoms with Gasteiger partial charge in [-0.3, -0.25) is 4.79 Å². The van der Waals surface area contributed by atoms with Crippen molar-refractivity contribution in [3.05, 3.63) is 0 Å². The summed E-state index contributed by atoms with van der Waals surface area (Å²) < 4.78 is 4.65. The molecule has 0 saturated carbocycles. The van der Waals surface area contributed by atoms with Crippen molar-refractivity contribution in [3.63, 3.8) is 0 Å². The zero-order chi connectivity index (χ0) is 10.6. The van der Waals surface area contributed by atoms with E-state index in [0.29, 0.717) is 11.5 Å². The first-order chi connectivity index (χ1) is 6.74. The van der Waals surface area contributed by atoms with E-state index in [1.54, 1.807) is 11.8 Å². The van der Waals surface area contributed by atoms with Crippen LogP contribution in [0.15, 0.2) is 5.16 Å². The molecule has 1 fully saturated rings. The lowest BCUT2D eigenvalue weighted by Gasteiger charge is -2.09. The molecule has 0 aromatic rings. The SMILES string of the molecule is CCCC1SCC(C(=O)OC)C1=NO. The molecule has 14 heavy (non-hydrogen) atoms. The van der Waals surface area contributed by atoms with Crippen molar-refractivity contribution in [1.29, 1.82) is 0 Å². The van der Waals surface area contributed by atoms with Crippen LogP contribution in [0.4, 0.5) is 0 Å². The van der Waals surface area contributed by atoms with Crippen LogP contribution in [0.5, 0.6) is 0 Å². The Labute approximate surface area is 87.7 Å². The second kappa shape index (κ2) is 5.24. The maximum Gasteiger partial charge on any atom is 0.315 e. The average molecular weight is 217 g/mol. The monoisotopic (exact) mass is 217 g/mol. The summed E-state index contributed by atoms with van der Waals surface area (Å²) in [5, 5.41) is 12.3. The molecule has 0 aromatic carbocycles. The number of carbonyl (C=O) groups excluding carboxylic acids is 1. The van der Waals surface area contributed by atoms with Gasteiger partial charge in [0.25, 0.3) is 0 Å². The summed E-state index contributed by atoms with van der Waals surface area (Å²) in [6, 6.07) is 0. The first-order valence-electron chi connectivity index (χ1n) is 4.65. The molecule has 1 saturated heterocycles. The number of ether oxygens (including phenoxy) is 1. The standard InChI is InChI=1S/C9H15NO3S/c1-3-4-7-8(10-12)6(5-14-7)9(11)13-2/h6-7,12H,3-5H2,1-2H3. The summed E-state index contributed by atoms with van der Waals surface area (Å²) in [5.74, 6) is 0.00644. The van der Waals surface area contributed by atoms with Crippen LogP contribution in [0.1, 0.15) is 19.8 Å². The maximum absolute atomic E-state index is 11.3. The number of thioether (sulfide) groups is 1. The number of oxime groups is 1. The van der Waals surface area contributed by atoms with Crippen LogP contribution in [0.25, 0.3) is 0 Å². The van der Waals surface area contributed by atoms with Gasteiger partial charge >= 0.3 is 5.97 Å². The fourth-order valence-electron chi connectivity index (χ4n) is 1.57. The quantitative estimate of drug-likeness (QED) is 0.442. The Kier molecular flexibility index (Phi) is 4.25. The van der Waals surface area contributed by atoms with Crippen molar-refractivity contribution in [2.75, 3.05) is 12.9 Å². The summed E-state index contributed by atoms with van der Waals surface area (Å²) >= 11 is 1.66. The number of carbonyl (C=O) groups is 1. The summed E-state index contributed by atoms with van der Waals surface area (Å²) in [4.78, 5) is 11.3. The third-order valence-electron chi connectivity index (χ3n) is 2.30. The van der Waals surface area contributed by atoms with Gasteiger partial charge in [-0.15, -0.1) is 0 Å². The molecular weight excluding hydrogens is 202 g/mol.